The van der Waals surface area contributed by atoms with Crippen molar-refractivity contribution in [1.82, 2.24) is 15.3 Å². The third-order valence-corrected chi connectivity index (χ3v) is 4.65. The number of alkyl carbamates (subject to hydrolysis) is 1. The van der Waals surface area contributed by atoms with Crippen molar-refractivity contribution in [2.45, 2.75) is 77.7 Å². The first-order valence-electron chi connectivity index (χ1n) is 10.3. The van der Waals surface area contributed by atoms with Gasteiger partial charge in [-0.15, -0.1) is 0 Å². The number of rotatable bonds is 5. The van der Waals surface area contributed by atoms with Crippen LogP contribution in [-0.4, -0.2) is 39.8 Å². The highest BCUT2D eigenvalue weighted by Gasteiger charge is 2.28. The summed E-state index contributed by atoms with van der Waals surface area (Å²) in [6.07, 6.45) is 3.86. The standard InChI is InChI=1S/C22H29N5O3/c1-13(2)29-20-18-10-19(24-12-14(18)8-17(11-23)26-20)25-15-6-7-16(9-15)27-21(28)30-22(3,4)5/h8,10,12-13,15-16H,6-7,9H2,1-5H3,(H,24,25)(H,27,28)/t15-,16-/m0/s1. The molecule has 2 atom stereocenters. The molecule has 1 fully saturated rings. The number of nitrogens with one attached hydrogen (secondary N) is 2. The Bertz CT molecular complexity index is 962. The van der Waals surface area contributed by atoms with E-state index in [1.807, 2.05) is 40.7 Å². The number of ether oxygens (including phenoxy) is 2. The summed E-state index contributed by atoms with van der Waals surface area (Å²) in [5.41, 5.74) is -0.211. The molecule has 30 heavy (non-hydrogen) atoms. The molecular weight excluding hydrogens is 382 g/mol. The van der Waals surface area contributed by atoms with Gasteiger partial charge in [0.1, 0.15) is 23.2 Å². The van der Waals surface area contributed by atoms with Crippen LogP contribution in [0.4, 0.5) is 10.6 Å². The fourth-order valence-electron chi connectivity index (χ4n) is 3.49. The Balaban J connectivity index is 1.69. The van der Waals surface area contributed by atoms with Gasteiger partial charge in [0.25, 0.3) is 0 Å². The average Bonchev–Trinajstić information content (AvgIpc) is 3.06. The van der Waals surface area contributed by atoms with Crippen molar-refractivity contribution < 1.29 is 14.3 Å². The van der Waals surface area contributed by atoms with Gasteiger partial charge in [0.2, 0.25) is 5.88 Å². The molecule has 1 saturated carbocycles. The van der Waals surface area contributed by atoms with E-state index in [1.165, 1.54) is 0 Å². The lowest BCUT2D eigenvalue weighted by Gasteiger charge is -2.22. The smallest absolute Gasteiger partial charge is 0.407 e. The second kappa shape index (κ2) is 8.74. The lowest BCUT2D eigenvalue weighted by molar-refractivity contribution is 0.0505. The quantitative estimate of drug-likeness (QED) is 0.761. The molecule has 0 aliphatic heterocycles. The number of amides is 1. The number of hydrogen-bond acceptors (Lipinski definition) is 7. The number of carbonyl (C=O) groups is 1. The van der Waals surface area contributed by atoms with Crippen LogP contribution in [0.2, 0.25) is 0 Å². The summed E-state index contributed by atoms with van der Waals surface area (Å²) in [4.78, 5) is 20.8. The van der Waals surface area contributed by atoms with Gasteiger partial charge in [0.15, 0.2) is 0 Å². The van der Waals surface area contributed by atoms with Crippen LogP contribution in [0, 0.1) is 11.3 Å². The van der Waals surface area contributed by atoms with E-state index < -0.39 is 5.60 Å². The molecule has 1 amide bonds. The van der Waals surface area contributed by atoms with Crippen molar-refractivity contribution >= 4 is 22.7 Å². The highest BCUT2D eigenvalue weighted by molar-refractivity contribution is 5.89. The minimum atomic E-state index is -0.509. The number of pyridine rings is 2. The van der Waals surface area contributed by atoms with Gasteiger partial charge in [-0.3, -0.25) is 0 Å². The zero-order valence-corrected chi connectivity index (χ0v) is 18.2. The average molecular weight is 412 g/mol. The number of nitrogens with zero attached hydrogens (tertiary/aromatic N) is 3. The molecule has 2 aromatic heterocycles. The Hall–Kier alpha value is -3.08. The molecule has 160 valence electrons. The molecule has 2 N–H and O–H groups in total. The van der Waals surface area contributed by atoms with E-state index in [2.05, 4.69) is 26.7 Å². The molecule has 0 spiro atoms. The SMILES string of the molecule is CC(C)Oc1nc(C#N)cc2cnc(N[C@H]3CC[C@H](NC(=O)OC(C)(C)C)C3)cc12. The maximum Gasteiger partial charge on any atom is 0.407 e. The molecule has 0 bridgehead atoms. The van der Waals surface area contributed by atoms with E-state index in [4.69, 9.17) is 9.47 Å². The van der Waals surface area contributed by atoms with Gasteiger partial charge >= 0.3 is 6.09 Å². The van der Waals surface area contributed by atoms with Crippen molar-refractivity contribution in [1.29, 1.82) is 5.26 Å². The Morgan fingerprint density at radius 1 is 1.27 bits per heavy atom. The first kappa shape index (κ1) is 21.6. The van der Waals surface area contributed by atoms with E-state index in [-0.39, 0.29) is 24.3 Å². The summed E-state index contributed by atoms with van der Waals surface area (Å²) in [6, 6.07) is 5.92. The van der Waals surface area contributed by atoms with E-state index >= 15 is 0 Å². The Labute approximate surface area is 177 Å². The van der Waals surface area contributed by atoms with Crippen LogP contribution in [0.1, 0.15) is 59.6 Å². The first-order valence-corrected chi connectivity index (χ1v) is 10.3. The lowest BCUT2D eigenvalue weighted by atomic mass is 10.2. The molecule has 8 heteroatoms. The van der Waals surface area contributed by atoms with Gasteiger partial charge in [-0.1, -0.05) is 0 Å². The van der Waals surface area contributed by atoms with E-state index in [1.54, 1.807) is 12.3 Å². The second-order valence-corrected chi connectivity index (χ2v) is 8.88. The van der Waals surface area contributed by atoms with E-state index in [0.717, 1.165) is 30.0 Å². The highest BCUT2D eigenvalue weighted by atomic mass is 16.6. The van der Waals surface area contributed by atoms with Gasteiger partial charge in [0, 0.05) is 29.1 Å². The van der Waals surface area contributed by atoms with Crippen LogP contribution in [0.15, 0.2) is 18.3 Å². The molecule has 0 radical (unpaired) electrons. The fraction of sp³-hybridized carbons (Fsp3) is 0.545. The van der Waals surface area contributed by atoms with E-state index in [9.17, 15) is 10.1 Å². The van der Waals surface area contributed by atoms with Crippen LogP contribution in [0.3, 0.4) is 0 Å². The topological polar surface area (TPSA) is 109 Å². The molecule has 1 aliphatic rings. The highest BCUT2D eigenvalue weighted by Crippen LogP contribution is 2.29. The van der Waals surface area contributed by atoms with Crippen molar-refractivity contribution in [2.75, 3.05) is 5.32 Å². The van der Waals surface area contributed by atoms with Crippen molar-refractivity contribution in [3.63, 3.8) is 0 Å². The van der Waals surface area contributed by atoms with Gasteiger partial charge in [0.05, 0.1) is 6.10 Å². The van der Waals surface area contributed by atoms with Gasteiger partial charge < -0.3 is 20.1 Å². The minimum absolute atomic E-state index is 0.0614. The van der Waals surface area contributed by atoms with Crippen molar-refractivity contribution in [2.24, 2.45) is 0 Å². The zero-order chi connectivity index (χ0) is 21.9. The van der Waals surface area contributed by atoms with Crippen LogP contribution in [0.25, 0.3) is 10.8 Å². The Kier molecular flexibility index (Phi) is 6.30. The number of aromatic nitrogens is 2. The van der Waals surface area contributed by atoms with Gasteiger partial charge in [-0.05, 0) is 66.0 Å². The third kappa shape index (κ3) is 5.72. The van der Waals surface area contributed by atoms with Crippen LogP contribution in [-0.2, 0) is 4.74 Å². The summed E-state index contributed by atoms with van der Waals surface area (Å²) in [6.45, 7) is 9.39. The molecule has 0 aromatic carbocycles. The third-order valence-electron chi connectivity index (χ3n) is 4.65. The predicted molar refractivity (Wildman–Crippen MR) is 114 cm³/mol. The lowest BCUT2D eigenvalue weighted by Crippen LogP contribution is -2.38. The molecule has 8 nitrogen and oxygen atoms in total. The van der Waals surface area contributed by atoms with Crippen molar-refractivity contribution in [3.05, 3.63) is 24.0 Å². The normalized spacial score (nSPS) is 18.8. The second-order valence-electron chi connectivity index (χ2n) is 8.88. The number of carbonyl (C=O) groups excluding carboxylic acids is 1. The summed E-state index contributed by atoms with van der Waals surface area (Å²) < 4.78 is 11.2. The monoisotopic (exact) mass is 411 g/mol. The van der Waals surface area contributed by atoms with Gasteiger partial charge in [-0.2, -0.15) is 5.26 Å². The fourth-order valence-corrected chi connectivity index (χ4v) is 3.49. The molecule has 1 aliphatic carbocycles. The van der Waals surface area contributed by atoms with Crippen LogP contribution < -0.4 is 15.4 Å². The molecule has 2 heterocycles. The van der Waals surface area contributed by atoms with E-state index in [0.29, 0.717) is 17.4 Å². The Morgan fingerprint density at radius 2 is 2.00 bits per heavy atom. The Morgan fingerprint density at radius 3 is 2.67 bits per heavy atom. The number of anilines is 1. The summed E-state index contributed by atoms with van der Waals surface area (Å²) in [5.74, 6) is 1.14. The molecule has 3 rings (SSSR count). The van der Waals surface area contributed by atoms with Crippen LogP contribution >= 0.6 is 0 Å². The summed E-state index contributed by atoms with van der Waals surface area (Å²) >= 11 is 0. The molecule has 0 saturated heterocycles. The predicted octanol–water partition coefficient (Wildman–Crippen LogP) is 4.15. The summed E-state index contributed by atoms with van der Waals surface area (Å²) in [7, 11) is 0. The minimum Gasteiger partial charge on any atom is -0.474 e. The first-order chi connectivity index (χ1) is 14.1. The molecule has 0 unspecified atom stereocenters. The number of fused-ring (bicyclic) bond motifs is 1. The largest absolute Gasteiger partial charge is 0.474 e. The zero-order valence-electron chi connectivity index (χ0n) is 18.2. The van der Waals surface area contributed by atoms with Crippen LogP contribution in [0.5, 0.6) is 5.88 Å². The maximum atomic E-state index is 12.0. The number of nitriles is 1. The number of hydrogen-bond donors (Lipinski definition) is 2. The van der Waals surface area contributed by atoms with Crippen molar-refractivity contribution in [3.8, 4) is 11.9 Å². The summed E-state index contributed by atoms with van der Waals surface area (Å²) in [5, 5.41) is 17.2. The molecule has 2 aromatic rings. The van der Waals surface area contributed by atoms with Gasteiger partial charge in [-0.25, -0.2) is 14.8 Å². The molecular formula is C22H29N5O3. The maximum absolute atomic E-state index is 12.0.